The summed E-state index contributed by atoms with van der Waals surface area (Å²) in [6.07, 6.45) is 5.87. The number of nitrogens with one attached hydrogen (secondary N) is 1. The Morgan fingerprint density at radius 2 is 1.81 bits per heavy atom. The number of fused-ring (bicyclic) bond motifs is 1. The molecule has 1 aliphatic rings. The summed E-state index contributed by atoms with van der Waals surface area (Å²) in [4.78, 5) is 37.9. The monoisotopic (exact) mass is 677 g/mol. The molecule has 0 aliphatic carbocycles. The second kappa shape index (κ2) is 14.2. The predicted octanol–water partition coefficient (Wildman–Crippen LogP) is 6.13. The van der Waals surface area contributed by atoms with E-state index in [2.05, 4.69) is 19.9 Å². The number of rotatable bonds is 11. The van der Waals surface area contributed by atoms with Gasteiger partial charge in [-0.05, 0) is 74.8 Å². The third-order valence-corrected chi connectivity index (χ3v) is 8.11. The molecule has 0 bridgehead atoms. The molecule has 48 heavy (non-hydrogen) atoms. The van der Waals surface area contributed by atoms with E-state index in [-0.39, 0.29) is 22.1 Å². The number of H-pyrrole nitrogens is 1. The normalized spacial score (nSPS) is 13.4. The Morgan fingerprint density at radius 1 is 1.00 bits per heavy atom. The fraction of sp³-hybridized carbons (Fsp3) is 0.235. The van der Waals surface area contributed by atoms with E-state index in [9.17, 15) is 19.1 Å². The van der Waals surface area contributed by atoms with E-state index in [0.717, 1.165) is 55.0 Å². The molecule has 14 heteroatoms. The third kappa shape index (κ3) is 7.02. The maximum Gasteiger partial charge on any atom is 0.335 e. The number of pyridine rings is 1. The molecule has 0 atom stereocenters. The van der Waals surface area contributed by atoms with Crippen LogP contribution < -0.4 is 25.5 Å². The van der Waals surface area contributed by atoms with E-state index >= 15 is 4.39 Å². The summed E-state index contributed by atoms with van der Waals surface area (Å²) in [6, 6.07) is 12.3. The highest BCUT2D eigenvalue weighted by atomic mass is 35.5. The quantitative estimate of drug-likeness (QED) is 0.126. The van der Waals surface area contributed by atoms with Gasteiger partial charge in [-0.3, -0.25) is 19.8 Å². The Balaban J connectivity index is 1.20. The third-order valence-electron chi connectivity index (χ3n) is 7.82. The fourth-order valence-corrected chi connectivity index (χ4v) is 5.57. The number of aromatic hydroxyl groups is 1. The van der Waals surface area contributed by atoms with Gasteiger partial charge in [0.1, 0.15) is 17.1 Å². The van der Waals surface area contributed by atoms with Crippen molar-refractivity contribution in [1.29, 1.82) is 0 Å². The van der Waals surface area contributed by atoms with E-state index in [1.807, 2.05) is 0 Å². The largest absolute Gasteiger partial charge is 0.493 e. The van der Waals surface area contributed by atoms with Gasteiger partial charge in [-0.15, -0.1) is 0 Å². The van der Waals surface area contributed by atoms with Crippen molar-refractivity contribution in [1.82, 2.24) is 19.4 Å². The van der Waals surface area contributed by atoms with Crippen LogP contribution in [0.3, 0.4) is 0 Å². The van der Waals surface area contributed by atoms with Gasteiger partial charge in [-0.1, -0.05) is 11.6 Å². The second-order valence-corrected chi connectivity index (χ2v) is 11.4. The molecule has 6 rings (SSSR count). The summed E-state index contributed by atoms with van der Waals surface area (Å²) in [5.41, 5.74) is -1.68. The van der Waals surface area contributed by atoms with E-state index in [1.54, 1.807) is 24.4 Å². The number of aromatic amines is 1. The highest BCUT2D eigenvalue weighted by molar-refractivity contribution is 6.30. The van der Waals surface area contributed by atoms with Crippen LogP contribution in [0.5, 0.6) is 28.9 Å². The van der Waals surface area contributed by atoms with Crippen LogP contribution in [0.25, 0.3) is 16.6 Å². The Hall–Kier alpha value is -5.27. The molecule has 0 amide bonds. The van der Waals surface area contributed by atoms with Crippen molar-refractivity contribution in [2.75, 3.05) is 33.4 Å². The topological polar surface area (TPSA) is 131 Å². The average molecular weight is 678 g/mol. The molecular weight excluding hydrogens is 648 g/mol. The molecule has 248 valence electrons. The number of aromatic nitrogens is 3. The number of halogens is 3. The van der Waals surface area contributed by atoms with E-state index in [4.69, 9.17) is 25.8 Å². The minimum atomic E-state index is -0.984. The molecule has 5 aromatic rings. The molecule has 1 aliphatic heterocycles. The van der Waals surface area contributed by atoms with Crippen LogP contribution in [0.4, 0.5) is 14.5 Å². The minimum Gasteiger partial charge on any atom is -0.493 e. The van der Waals surface area contributed by atoms with Crippen molar-refractivity contribution in [3.8, 4) is 34.6 Å². The van der Waals surface area contributed by atoms with Gasteiger partial charge in [0.05, 0.1) is 35.6 Å². The van der Waals surface area contributed by atoms with Gasteiger partial charge in [0.2, 0.25) is 5.88 Å². The van der Waals surface area contributed by atoms with Crippen LogP contribution in [0.1, 0.15) is 24.8 Å². The first-order chi connectivity index (χ1) is 23.2. The average Bonchev–Trinajstić information content (AvgIpc) is 3.59. The molecule has 0 radical (unpaired) electrons. The highest BCUT2D eigenvalue weighted by Crippen LogP contribution is 2.38. The summed E-state index contributed by atoms with van der Waals surface area (Å²) in [5, 5.41) is 11.0. The number of hydrogen-bond donors (Lipinski definition) is 2. The van der Waals surface area contributed by atoms with Gasteiger partial charge >= 0.3 is 5.69 Å². The fourth-order valence-electron chi connectivity index (χ4n) is 5.40. The van der Waals surface area contributed by atoms with E-state index in [0.29, 0.717) is 34.8 Å². The zero-order valence-corrected chi connectivity index (χ0v) is 26.5. The maximum absolute atomic E-state index is 15.3. The van der Waals surface area contributed by atoms with Crippen molar-refractivity contribution in [3.05, 3.63) is 104 Å². The number of benzene rings is 3. The van der Waals surface area contributed by atoms with Crippen LogP contribution in [0.2, 0.25) is 5.02 Å². The Labute approximate surface area is 277 Å². The lowest BCUT2D eigenvalue weighted by atomic mass is 10.1. The Kier molecular flexibility index (Phi) is 9.69. The van der Waals surface area contributed by atoms with Gasteiger partial charge in [0.25, 0.3) is 5.56 Å². The van der Waals surface area contributed by atoms with Gasteiger partial charge in [-0.2, -0.15) is 0 Å². The summed E-state index contributed by atoms with van der Waals surface area (Å²) < 4.78 is 47.1. The van der Waals surface area contributed by atoms with E-state index in [1.165, 1.54) is 38.2 Å². The standard InChI is InChI=1S/C34H30ClF2N5O6/c1-46-30-17-22-27(18-31(30)47-14-4-13-41-11-2-3-12-41)38-10-9-28(22)48-29-8-5-20(15-26(29)37)39-19-23-32(43)40-34(45)42(33(23)44)21-6-7-25(36)24(35)16-21/h5-10,15-19,44H,2-4,11-14H2,1H3,(H,40,43,45). The lowest BCUT2D eigenvalue weighted by molar-refractivity contribution is 0.254. The first kappa shape index (κ1) is 32.7. The molecule has 1 fully saturated rings. The first-order valence-corrected chi connectivity index (χ1v) is 15.5. The summed E-state index contributed by atoms with van der Waals surface area (Å²) in [5.74, 6) is -1.01. The van der Waals surface area contributed by atoms with Gasteiger partial charge < -0.3 is 24.2 Å². The molecular formula is C34H30ClF2N5O6. The van der Waals surface area contributed by atoms with Crippen LogP contribution in [0, 0.1) is 11.6 Å². The minimum absolute atomic E-state index is 0.000249. The molecule has 2 N–H and O–H groups in total. The lowest BCUT2D eigenvalue weighted by Crippen LogP contribution is -2.31. The van der Waals surface area contributed by atoms with Crippen LogP contribution in [-0.2, 0) is 0 Å². The first-order valence-electron chi connectivity index (χ1n) is 15.1. The maximum atomic E-state index is 15.3. The number of methoxy groups -OCH3 is 1. The molecule has 2 aromatic heterocycles. The molecule has 3 aromatic carbocycles. The van der Waals surface area contributed by atoms with Crippen molar-refractivity contribution < 1.29 is 28.1 Å². The molecule has 0 spiro atoms. The van der Waals surface area contributed by atoms with Gasteiger partial charge in [-0.25, -0.2) is 18.1 Å². The summed E-state index contributed by atoms with van der Waals surface area (Å²) in [6.45, 7) is 3.75. The van der Waals surface area contributed by atoms with Gasteiger partial charge in [0.15, 0.2) is 23.1 Å². The molecule has 11 nitrogen and oxygen atoms in total. The number of hydrogen-bond acceptors (Lipinski definition) is 9. The van der Waals surface area contributed by atoms with Crippen molar-refractivity contribution in [3.63, 3.8) is 0 Å². The lowest BCUT2D eigenvalue weighted by Gasteiger charge is -2.16. The molecule has 1 saturated heterocycles. The van der Waals surface area contributed by atoms with E-state index < -0.39 is 34.3 Å². The van der Waals surface area contributed by atoms with Crippen LogP contribution >= 0.6 is 11.6 Å². The Morgan fingerprint density at radius 3 is 2.56 bits per heavy atom. The molecule has 0 saturated carbocycles. The highest BCUT2D eigenvalue weighted by Gasteiger charge is 2.17. The number of nitrogens with zero attached hydrogens (tertiary/aromatic N) is 4. The second-order valence-electron chi connectivity index (χ2n) is 11.0. The van der Waals surface area contributed by atoms with Gasteiger partial charge in [0, 0.05) is 36.5 Å². The molecule has 3 heterocycles. The zero-order valence-electron chi connectivity index (χ0n) is 25.7. The Bertz CT molecular complexity index is 2130. The molecule has 0 unspecified atom stereocenters. The van der Waals surface area contributed by atoms with Crippen LogP contribution in [0.15, 0.2) is 75.4 Å². The summed E-state index contributed by atoms with van der Waals surface area (Å²) in [7, 11) is 1.54. The van der Waals surface area contributed by atoms with Crippen molar-refractivity contribution in [2.24, 2.45) is 4.99 Å². The number of ether oxygens (including phenoxy) is 3. The number of aliphatic imine (C=N–C) groups is 1. The smallest absolute Gasteiger partial charge is 0.335 e. The van der Waals surface area contributed by atoms with Crippen molar-refractivity contribution in [2.45, 2.75) is 19.3 Å². The summed E-state index contributed by atoms with van der Waals surface area (Å²) >= 11 is 5.82. The predicted molar refractivity (Wildman–Crippen MR) is 177 cm³/mol. The number of likely N-dealkylation sites (tertiary alicyclic amines) is 1. The van der Waals surface area contributed by atoms with Crippen molar-refractivity contribution >= 4 is 34.4 Å². The zero-order chi connectivity index (χ0) is 33.8. The SMILES string of the molecule is COc1cc2c(Oc3ccc(N=Cc4c(O)n(-c5ccc(F)c(Cl)c5)c(=O)[nH]c4=O)cc3F)ccnc2cc1OCCCN1CCCC1. The van der Waals surface area contributed by atoms with Crippen LogP contribution in [-0.4, -0.2) is 64.1 Å².